The molecule has 2 aromatic carbocycles. The monoisotopic (exact) mass is 452 g/mol. The maximum Gasteiger partial charge on any atom is 0.322 e. The van der Waals surface area contributed by atoms with Crippen molar-refractivity contribution < 1.29 is 4.79 Å². The van der Waals surface area contributed by atoms with Crippen LogP contribution in [0.4, 0.5) is 10.5 Å². The molecule has 1 aromatic heterocycles. The standard InChI is InChI=1S/C27H28N6O/c1-32(2)27(21-9-4-3-5-10-21)14-12-26(13-15-27)19-33(25(34)31-26)22-17-29-24(30-18-22)23-11-7-6-8-20(23)16-28/h3-11,17-18H,12-15,19H2,1-2H3,(H,31,34)/t26-,27-. The molecule has 172 valence electrons. The Morgan fingerprint density at radius 2 is 1.62 bits per heavy atom. The Bertz CT molecular complexity index is 1220. The molecule has 2 aliphatic rings. The van der Waals surface area contributed by atoms with E-state index in [0.29, 0.717) is 29.2 Å². The maximum absolute atomic E-state index is 13.0. The largest absolute Gasteiger partial charge is 0.330 e. The van der Waals surface area contributed by atoms with Crippen LogP contribution in [0, 0.1) is 11.3 Å². The summed E-state index contributed by atoms with van der Waals surface area (Å²) in [5, 5.41) is 12.6. The number of hydrogen-bond acceptors (Lipinski definition) is 5. The van der Waals surface area contributed by atoms with E-state index in [4.69, 9.17) is 0 Å². The summed E-state index contributed by atoms with van der Waals surface area (Å²) in [4.78, 5) is 26.0. The summed E-state index contributed by atoms with van der Waals surface area (Å²) in [7, 11) is 4.29. The lowest BCUT2D eigenvalue weighted by atomic mass is 9.69. The highest BCUT2D eigenvalue weighted by molar-refractivity contribution is 5.95. The first kappa shape index (κ1) is 22.1. The second-order valence-corrected chi connectivity index (χ2v) is 9.51. The van der Waals surface area contributed by atoms with Crippen molar-refractivity contribution in [2.45, 2.75) is 36.8 Å². The fraction of sp³-hybridized carbons (Fsp3) is 0.333. The third-order valence-corrected chi connectivity index (χ3v) is 7.52. The number of urea groups is 1. The van der Waals surface area contributed by atoms with Gasteiger partial charge in [0.25, 0.3) is 0 Å². The number of benzene rings is 2. The van der Waals surface area contributed by atoms with Gasteiger partial charge < -0.3 is 5.32 Å². The van der Waals surface area contributed by atoms with E-state index in [9.17, 15) is 10.1 Å². The SMILES string of the molecule is CN(C)[C@]1(c2ccccc2)CC[C@@]2(CC1)CN(c1cnc(-c3ccccc3C#N)nc1)C(=O)N2. The zero-order valence-electron chi connectivity index (χ0n) is 19.5. The van der Waals surface area contributed by atoms with Crippen LogP contribution in [0.1, 0.15) is 36.8 Å². The highest BCUT2D eigenvalue weighted by atomic mass is 16.2. The number of amides is 2. The summed E-state index contributed by atoms with van der Waals surface area (Å²) in [5.41, 5.74) is 2.93. The number of hydrogen-bond donors (Lipinski definition) is 1. The van der Waals surface area contributed by atoms with Gasteiger partial charge in [0.1, 0.15) is 0 Å². The van der Waals surface area contributed by atoms with E-state index in [1.54, 1.807) is 23.4 Å². The Morgan fingerprint density at radius 3 is 2.26 bits per heavy atom. The first-order valence-electron chi connectivity index (χ1n) is 11.6. The zero-order chi connectivity index (χ0) is 23.8. The van der Waals surface area contributed by atoms with Crippen molar-refractivity contribution in [2.24, 2.45) is 0 Å². The van der Waals surface area contributed by atoms with Gasteiger partial charge in [-0.15, -0.1) is 0 Å². The first-order chi connectivity index (χ1) is 16.5. The van der Waals surface area contributed by atoms with Crippen LogP contribution in [0.5, 0.6) is 0 Å². The van der Waals surface area contributed by atoms with E-state index in [2.05, 4.69) is 70.7 Å². The zero-order valence-corrected chi connectivity index (χ0v) is 19.5. The molecule has 1 saturated heterocycles. The number of nitriles is 1. The quantitative estimate of drug-likeness (QED) is 0.637. The number of nitrogens with zero attached hydrogens (tertiary/aromatic N) is 5. The number of carbonyl (C=O) groups is 1. The molecule has 0 atom stereocenters. The third kappa shape index (κ3) is 3.70. The summed E-state index contributed by atoms with van der Waals surface area (Å²) in [6, 6.07) is 20.0. The molecule has 1 aliphatic carbocycles. The van der Waals surface area contributed by atoms with Gasteiger partial charge in [0.05, 0.1) is 41.8 Å². The van der Waals surface area contributed by atoms with Gasteiger partial charge in [-0.25, -0.2) is 14.8 Å². The third-order valence-electron chi connectivity index (χ3n) is 7.52. The number of aromatic nitrogens is 2. The minimum Gasteiger partial charge on any atom is -0.330 e. The average Bonchev–Trinajstić information content (AvgIpc) is 3.20. The Balaban J connectivity index is 1.34. The minimum atomic E-state index is -0.253. The first-order valence-corrected chi connectivity index (χ1v) is 11.6. The molecule has 3 aromatic rings. The Hall–Kier alpha value is -3.76. The van der Waals surface area contributed by atoms with Crippen molar-refractivity contribution in [1.82, 2.24) is 20.2 Å². The van der Waals surface area contributed by atoms with E-state index in [1.165, 1.54) is 5.56 Å². The van der Waals surface area contributed by atoms with E-state index in [1.807, 2.05) is 18.2 Å². The van der Waals surface area contributed by atoms with Gasteiger partial charge in [-0.05, 0) is 57.5 Å². The highest BCUT2D eigenvalue weighted by Crippen LogP contribution is 2.46. The maximum atomic E-state index is 13.0. The van der Waals surface area contributed by atoms with Crippen LogP contribution in [0.25, 0.3) is 11.4 Å². The molecule has 1 saturated carbocycles. The van der Waals surface area contributed by atoms with Crippen LogP contribution in [0.3, 0.4) is 0 Å². The summed E-state index contributed by atoms with van der Waals surface area (Å²) in [5.74, 6) is 0.478. The Labute approximate surface area is 200 Å². The molecule has 0 bridgehead atoms. The fourth-order valence-corrected chi connectivity index (χ4v) is 5.46. The number of nitrogens with one attached hydrogen (secondary N) is 1. The van der Waals surface area contributed by atoms with E-state index >= 15 is 0 Å². The molecule has 0 unspecified atom stereocenters. The van der Waals surface area contributed by atoms with Gasteiger partial charge in [-0.3, -0.25) is 9.80 Å². The van der Waals surface area contributed by atoms with Crippen molar-refractivity contribution in [3.8, 4) is 17.5 Å². The lowest BCUT2D eigenvalue weighted by molar-refractivity contribution is 0.0658. The Kier molecular flexibility index (Phi) is 5.54. The lowest BCUT2D eigenvalue weighted by Crippen LogP contribution is -2.54. The van der Waals surface area contributed by atoms with Crippen LogP contribution >= 0.6 is 0 Å². The van der Waals surface area contributed by atoms with Gasteiger partial charge >= 0.3 is 6.03 Å². The molecule has 34 heavy (non-hydrogen) atoms. The molecule has 0 radical (unpaired) electrons. The Morgan fingerprint density at radius 1 is 0.971 bits per heavy atom. The van der Waals surface area contributed by atoms with Crippen LogP contribution < -0.4 is 10.2 Å². The molecule has 2 amide bonds. The second-order valence-electron chi connectivity index (χ2n) is 9.51. The molecule has 7 nitrogen and oxygen atoms in total. The predicted molar refractivity (Wildman–Crippen MR) is 131 cm³/mol. The van der Waals surface area contributed by atoms with E-state index < -0.39 is 0 Å². The van der Waals surface area contributed by atoms with E-state index in [-0.39, 0.29) is 17.1 Å². The highest BCUT2D eigenvalue weighted by Gasteiger charge is 2.50. The van der Waals surface area contributed by atoms with Crippen LogP contribution in [-0.4, -0.2) is 47.1 Å². The molecular weight excluding hydrogens is 424 g/mol. The number of rotatable bonds is 4. The van der Waals surface area contributed by atoms with Gasteiger partial charge in [0.15, 0.2) is 5.82 Å². The summed E-state index contributed by atoms with van der Waals surface area (Å²) in [6.45, 7) is 0.599. The van der Waals surface area contributed by atoms with Crippen LogP contribution in [0.2, 0.25) is 0 Å². The van der Waals surface area contributed by atoms with Crippen LogP contribution in [-0.2, 0) is 5.54 Å². The van der Waals surface area contributed by atoms with Gasteiger partial charge in [0.2, 0.25) is 0 Å². The van der Waals surface area contributed by atoms with Crippen LogP contribution in [0.15, 0.2) is 67.0 Å². The van der Waals surface area contributed by atoms with E-state index in [0.717, 1.165) is 25.7 Å². The van der Waals surface area contributed by atoms with Crippen molar-refractivity contribution >= 4 is 11.7 Å². The number of carbonyl (C=O) groups excluding carboxylic acids is 1. The topological polar surface area (TPSA) is 85.2 Å². The second kappa shape index (κ2) is 8.54. The lowest BCUT2D eigenvalue weighted by Gasteiger charge is -2.48. The van der Waals surface area contributed by atoms with Crippen molar-refractivity contribution in [3.63, 3.8) is 0 Å². The summed E-state index contributed by atoms with van der Waals surface area (Å²) < 4.78 is 0. The summed E-state index contributed by atoms with van der Waals surface area (Å²) in [6.07, 6.45) is 7.09. The van der Waals surface area contributed by atoms with Crippen molar-refractivity contribution in [3.05, 3.63) is 78.1 Å². The van der Waals surface area contributed by atoms with Crippen molar-refractivity contribution in [1.29, 1.82) is 5.26 Å². The molecular formula is C27H28N6O. The fourth-order valence-electron chi connectivity index (χ4n) is 5.46. The molecule has 5 rings (SSSR count). The van der Waals surface area contributed by atoms with Gasteiger partial charge in [0, 0.05) is 11.1 Å². The van der Waals surface area contributed by atoms with Crippen molar-refractivity contribution in [2.75, 3.05) is 25.5 Å². The predicted octanol–water partition coefficient (Wildman–Crippen LogP) is 4.31. The molecule has 1 N–H and O–H groups in total. The molecule has 7 heteroatoms. The molecule has 2 heterocycles. The molecule has 2 fully saturated rings. The smallest absolute Gasteiger partial charge is 0.322 e. The number of anilines is 1. The van der Waals surface area contributed by atoms with Gasteiger partial charge in [-0.2, -0.15) is 5.26 Å². The van der Waals surface area contributed by atoms with Gasteiger partial charge in [-0.1, -0.05) is 42.5 Å². The normalized spacial score (nSPS) is 24.3. The molecule has 1 spiro atoms. The summed E-state index contributed by atoms with van der Waals surface area (Å²) >= 11 is 0. The average molecular weight is 453 g/mol. The molecule has 1 aliphatic heterocycles. The minimum absolute atomic E-state index is 0.0243.